The van der Waals surface area contributed by atoms with Crippen molar-refractivity contribution < 1.29 is 4.79 Å². The van der Waals surface area contributed by atoms with Crippen molar-refractivity contribution in [2.24, 2.45) is 5.92 Å². The van der Waals surface area contributed by atoms with Crippen LogP contribution in [-0.2, 0) is 4.79 Å². The average Bonchev–Trinajstić information content (AvgIpc) is 2.14. The fourth-order valence-electron chi connectivity index (χ4n) is 1.16. The van der Waals surface area contributed by atoms with Crippen molar-refractivity contribution in [1.29, 1.82) is 0 Å². The number of rotatable bonds is 7. The van der Waals surface area contributed by atoms with Gasteiger partial charge in [0.1, 0.15) is 0 Å². The van der Waals surface area contributed by atoms with Crippen molar-refractivity contribution in [3.8, 4) is 0 Å². The van der Waals surface area contributed by atoms with E-state index < -0.39 is 0 Å². The lowest BCUT2D eigenvalue weighted by Crippen LogP contribution is -2.38. The highest BCUT2D eigenvalue weighted by Gasteiger charge is 2.14. The first-order valence-corrected chi connectivity index (χ1v) is 7.47. The quantitative estimate of drug-likeness (QED) is 0.727. The van der Waals surface area contributed by atoms with Crippen LogP contribution in [0.5, 0.6) is 0 Å². The summed E-state index contributed by atoms with van der Waals surface area (Å²) in [5.74, 6) is 1.59. The second-order valence-electron chi connectivity index (χ2n) is 3.64. The van der Waals surface area contributed by atoms with Gasteiger partial charge < -0.3 is 5.32 Å². The molecule has 2 nitrogen and oxygen atoms in total. The van der Waals surface area contributed by atoms with Gasteiger partial charge in [0.15, 0.2) is 0 Å². The number of carbonyl (C=O) groups excluding carboxylic acids is 1. The zero-order chi connectivity index (χ0) is 11.0. The van der Waals surface area contributed by atoms with Gasteiger partial charge in [-0.25, -0.2) is 0 Å². The van der Waals surface area contributed by atoms with Crippen LogP contribution in [-0.4, -0.2) is 29.3 Å². The number of halogens is 1. The molecule has 0 aromatic heterocycles. The van der Waals surface area contributed by atoms with Crippen LogP contribution in [0.2, 0.25) is 0 Å². The third kappa shape index (κ3) is 6.71. The fourth-order valence-corrected chi connectivity index (χ4v) is 2.05. The minimum Gasteiger partial charge on any atom is -0.353 e. The molecule has 4 heteroatoms. The Labute approximate surface area is 99.7 Å². The number of thioether (sulfide) groups is 1. The lowest BCUT2D eigenvalue weighted by atomic mass is 10.0. The summed E-state index contributed by atoms with van der Waals surface area (Å²) in [5, 5.41) is 4.01. The first kappa shape index (κ1) is 14.3. The van der Waals surface area contributed by atoms with Gasteiger partial charge in [0.2, 0.25) is 5.91 Å². The van der Waals surface area contributed by atoms with E-state index in [0.29, 0.717) is 18.4 Å². The van der Waals surface area contributed by atoms with Crippen LogP contribution < -0.4 is 5.32 Å². The first-order valence-electron chi connectivity index (χ1n) is 4.96. The summed E-state index contributed by atoms with van der Waals surface area (Å²) in [6.45, 7) is 4.28. The number of hydrogen-bond donors (Lipinski definition) is 1. The molecule has 84 valence electrons. The minimum atomic E-state index is 0.180. The maximum absolute atomic E-state index is 11.5. The molecule has 0 aliphatic carbocycles. The molecule has 0 rings (SSSR count). The van der Waals surface area contributed by atoms with Crippen LogP contribution in [0.4, 0.5) is 0 Å². The summed E-state index contributed by atoms with van der Waals surface area (Å²) in [4.78, 5) is 11.5. The molecule has 0 aliphatic heterocycles. The monoisotopic (exact) mass is 281 g/mol. The molecule has 0 aliphatic rings. The Morgan fingerprint density at radius 2 is 2.14 bits per heavy atom. The Kier molecular flexibility index (Phi) is 8.78. The highest BCUT2D eigenvalue weighted by Crippen LogP contribution is 2.08. The minimum absolute atomic E-state index is 0.180. The molecule has 0 saturated carbocycles. The summed E-state index contributed by atoms with van der Waals surface area (Å²) in [7, 11) is 0. The van der Waals surface area contributed by atoms with Gasteiger partial charge in [-0.3, -0.25) is 4.79 Å². The molecule has 0 aromatic carbocycles. The molecule has 1 atom stereocenters. The predicted octanol–water partition coefficient (Wildman–Crippen LogP) is 2.67. The zero-order valence-electron chi connectivity index (χ0n) is 9.18. The van der Waals surface area contributed by atoms with Crippen molar-refractivity contribution in [3.05, 3.63) is 0 Å². The largest absolute Gasteiger partial charge is 0.353 e. The number of carbonyl (C=O) groups is 1. The lowest BCUT2D eigenvalue weighted by Gasteiger charge is -2.21. The summed E-state index contributed by atoms with van der Waals surface area (Å²) in [5.41, 5.74) is 0. The van der Waals surface area contributed by atoms with Gasteiger partial charge >= 0.3 is 0 Å². The summed E-state index contributed by atoms with van der Waals surface area (Å²) < 4.78 is 0. The smallest absolute Gasteiger partial charge is 0.221 e. The number of alkyl halides is 1. The van der Waals surface area contributed by atoms with Gasteiger partial charge in [-0.05, 0) is 18.6 Å². The molecule has 0 radical (unpaired) electrons. The molecule has 0 bridgehead atoms. The number of amides is 1. The highest BCUT2D eigenvalue weighted by atomic mass is 79.9. The van der Waals surface area contributed by atoms with Crippen molar-refractivity contribution in [2.75, 3.05) is 17.3 Å². The Balaban J connectivity index is 3.83. The SMILES string of the molecule is CSCCC(=O)NC(CCBr)C(C)C. The topological polar surface area (TPSA) is 29.1 Å². The van der Waals surface area contributed by atoms with Gasteiger partial charge in [-0.1, -0.05) is 29.8 Å². The first-order chi connectivity index (χ1) is 6.61. The summed E-state index contributed by atoms with van der Waals surface area (Å²) in [6.07, 6.45) is 3.65. The average molecular weight is 282 g/mol. The molecule has 0 fully saturated rings. The predicted molar refractivity (Wildman–Crippen MR) is 68.2 cm³/mol. The van der Waals surface area contributed by atoms with E-state index in [1.54, 1.807) is 11.8 Å². The van der Waals surface area contributed by atoms with E-state index in [1.165, 1.54) is 0 Å². The maximum atomic E-state index is 11.5. The highest BCUT2D eigenvalue weighted by molar-refractivity contribution is 9.09. The fraction of sp³-hybridized carbons (Fsp3) is 0.900. The van der Waals surface area contributed by atoms with Crippen LogP contribution >= 0.6 is 27.7 Å². The molecule has 0 aromatic rings. The Morgan fingerprint density at radius 1 is 1.50 bits per heavy atom. The third-order valence-corrected chi connectivity index (χ3v) is 3.17. The van der Waals surface area contributed by atoms with E-state index >= 15 is 0 Å². The van der Waals surface area contributed by atoms with Crippen LogP contribution in [0.15, 0.2) is 0 Å². The van der Waals surface area contributed by atoms with Crippen LogP contribution in [0.3, 0.4) is 0 Å². The molecule has 1 N–H and O–H groups in total. The Morgan fingerprint density at radius 3 is 2.57 bits per heavy atom. The van der Waals surface area contributed by atoms with E-state index in [9.17, 15) is 4.79 Å². The van der Waals surface area contributed by atoms with E-state index in [0.717, 1.165) is 17.5 Å². The van der Waals surface area contributed by atoms with Gasteiger partial charge in [-0.2, -0.15) is 11.8 Å². The van der Waals surface area contributed by atoms with E-state index in [2.05, 4.69) is 35.1 Å². The Bertz CT molecular complexity index is 164. The molecule has 0 heterocycles. The summed E-state index contributed by atoms with van der Waals surface area (Å²) in [6, 6.07) is 0.309. The van der Waals surface area contributed by atoms with E-state index in [4.69, 9.17) is 0 Å². The maximum Gasteiger partial charge on any atom is 0.221 e. The van der Waals surface area contributed by atoms with Crippen LogP contribution in [0.1, 0.15) is 26.7 Å². The second kappa shape index (κ2) is 8.60. The lowest BCUT2D eigenvalue weighted by molar-refractivity contribution is -0.121. The van der Waals surface area contributed by atoms with Gasteiger partial charge in [-0.15, -0.1) is 0 Å². The molecular formula is C10H20BrNOS. The van der Waals surface area contributed by atoms with Crippen molar-refractivity contribution in [3.63, 3.8) is 0 Å². The zero-order valence-corrected chi connectivity index (χ0v) is 11.6. The van der Waals surface area contributed by atoms with E-state index in [-0.39, 0.29) is 5.91 Å². The van der Waals surface area contributed by atoms with Crippen LogP contribution in [0.25, 0.3) is 0 Å². The van der Waals surface area contributed by atoms with Crippen molar-refractivity contribution >= 4 is 33.6 Å². The Hall–Kier alpha value is 0.300. The number of hydrogen-bond acceptors (Lipinski definition) is 2. The molecule has 0 saturated heterocycles. The van der Waals surface area contributed by atoms with Crippen molar-refractivity contribution in [2.45, 2.75) is 32.7 Å². The second-order valence-corrected chi connectivity index (χ2v) is 5.42. The van der Waals surface area contributed by atoms with Gasteiger partial charge in [0.05, 0.1) is 0 Å². The van der Waals surface area contributed by atoms with Crippen LogP contribution in [0, 0.1) is 5.92 Å². The normalized spacial score (nSPS) is 12.9. The van der Waals surface area contributed by atoms with Gasteiger partial charge in [0, 0.05) is 23.5 Å². The molecule has 0 spiro atoms. The summed E-state index contributed by atoms with van der Waals surface area (Å²) >= 11 is 5.11. The molecule has 1 amide bonds. The van der Waals surface area contributed by atoms with E-state index in [1.807, 2.05) is 6.26 Å². The van der Waals surface area contributed by atoms with Crippen molar-refractivity contribution in [1.82, 2.24) is 5.32 Å². The number of nitrogens with one attached hydrogen (secondary N) is 1. The third-order valence-electron chi connectivity index (χ3n) is 2.10. The molecule has 14 heavy (non-hydrogen) atoms. The van der Waals surface area contributed by atoms with Gasteiger partial charge in [0.25, 0.3) is 0 Å². The standard InChI is InChI=1S/C10H20BrNOS/c1-8(2)9(4-6-11)12-10(13)5-7-14-3/h8-9H,4-7H2,1-3H3,(H,12,13). The molecule has 1 unspecified atom stereocenters. The molecular weight excluding hydrogens is 262 g/mol.